The third-order valence-corrected chi connectivity index (χ3v) is 5.49. The molecule has 0 aliphatic carbocycles. The van der Waals surface area contributed by atoms with E-state index in [1.54, 1.807) is 0 Å². The maximum atomic E-state index is 13.7. The lowest BCUT2D eigenvalue weighted by Crippen LogP contribution is -2.53. The monoisotopic (exact) mass is 436 g/mol. The molecular formula is C27H29FO4. The number of aryl methyl sites for hydroxylation is 1. The van der Waals surface area contributed by atoms with Crippen LogP contribution in [0.25, 0.3) is 0 Å². The van der Waals surface area contributed by atoms with Crippen LogP contribution in [0.15, 0.2) is 84.9 Å². The van der Waals surface area contributed by atoms with Crippen LogP contribution in [0.2, 0.25) is 0 Å². The first-order valence-corrected chi connectivity index (χ1v) is 11.0. The van der Waals surface area contributed by atoms with Gasteiger partial charge in [0.25, 0.3) is 0 Å². The molecule has 168 valence electrons. The number of ether oxygens (including phenoxy) is 4. The van der Waals surface area contributed by atoms with E-state index >= 15 is 0 Å². The molecule has 4 rings (SSSR count). The van der Waals surface area contributed by atoms with Crippen LogP contribution in [0.1, 0.15) is 23.1 Å². The van der Waals surface area contributed by atoms with E-state index in [1.807, 2.05) is 91.9 Å². The fourth-order valence-electron chi connectivity index (χ4n) is 3.73. The van der Waals surface area contributed by atoms with Crippen molar-refractivity contribution in [3.05, 3.63) is 102 Å². The molecule has 5 heteroatoms. The van der Waals surface area contributed by atoms with Crippen molar-refractivity contribution < 1.29 is 23.3 Å². The molecule has 4 nitrogen and oxygen atoms in total. The molecule has 4 atom stereocenters. The number of halogens is 1. The summed E-state index contributed by atoms with van der Waals surface area (Å²) in [5.74, 6) is 0.648. The van der Waals surface area contributed by atoms with Gasteiger partial charge in [0.05, 0.1) is 25.4 Å². The van der Waals surface area contributed by atoms with Crippen LogP contribution >= 0.6 is 0 Å². The zero-order valence-corrected chi connectivity index (χ0v) is 18.2. The number of hydrogen-bond donors (Lipinski definition) is 0. The summed E-state index contributed by atoms with van der Waals surface area (Å²) >= 11 is 0. The maximum Gasteiger partial charge on any atom is 0.229 e. The second-order valence-corrected chi connectivity index (χ2v) is 8.04. The third-order valence-electron chi connectivity index (χ3n) is 5.49. The highest BCUT2D eigenvalue weighted by Crippen LogP contribution is 2.29. The highest BCUT2D eigenvalue weighted by Gasteiger charge is 2.42. The van der Waals surface area contributed by atoms with Gasteiger partial charge >= 0.3 is 0 Å². The zero-order valence-electron chi connectivity index (χ0n) is 18.2. The quantitative estimate of drug-likeness (QED) is 0.436. The average Bonchev–Trinajstić information content (AvgIpc) is 2.84. The molecule has 1 aliphatic rings. The summed E-state index contributed by atoms with van der Waals surface area (Å²) in [6, 6.07) is 27.5. The number of rotatable bonds is 9. The molecule has 32 heavy (non-hydrogen) atoms. The minimum atomic E-state index is -0.781. The molecule has 0 amide bonds. The molecule has 1 saturated heterocycles. The highest BCUT2D eigenvalue weighted by atomic mass is 19.1. The molecule has 3 aromatic carbocycles. The van der Waals surface area contributed by atoms with E-state index in [2.05, 4.69) is 0 Å². The topological polar surface area (TPSA) is 36.9 Å². The van der Waals surface area contributed by atoms with Crippen molar-refractivity contribution in [1.29, 1.82) is 0 Å². The molecule has 3 aromatic rings. The first kappa shape index (κ1) is 22.5. The van der Waals surface area contributed by atoms with Crippen molar-refractivity contribution in [3.63, 3.8) is 0 Å². The predicted octanol–water partition coefficient (Wildman–Crippen LogP) is 5.63. The summed E-state index contributed by atoms with van der Waals surface area (Å²) in [6.07, 6.45) is -1.87. The van der Waals surface area contributed by atoms with E-state index in [9.17, 15) is 4.39 Å². The van der Waals surface area contributed by atoms with Crippen LogP contribution in [-0.2, 0) is 27.4 Å². The lowest BCUT2D eigenvalue weighted by atomic mass is 10.0. The largest absolute Gasteiger partial charge is 0.462 e. The van der Waals surface area contributed by atoms with Crippen molar-refractivity contribution in [1.82, 2.24) is 0 Å². The predicted molar refractivity (Wildman–Crippen MR) is 121 cm³/mol. The molecular weight excluding hydrogens is 407 g/mol. The maximum absolute atomic E-state index is 13.7. The van der Waals surface area contributed by atoms with Gasteiger partial charge in [-0.2, -0.15) is 0 Å². The molecule has 1 heterocycles. The van der Waals surface area contributed by atoms with Gasteiger partial charge in [-0.1, -0.05) is 78.4 Å². The van der Waals surface area contributed by atoms with Crippen LogP contribution in [0, 0.1) is 6.92 Å². The van der Waals surface area contributed by atoms with Gasteiger partial charge in [0.15, 0.2) is 0 Å². The Kier molecular flexibility index (Phi) is 7.88. The molecule has 0 aromatic heterocycles. The smallest absolute Gasteiger partial charge is 0.229 e. The summed E-state index contributed by atoms with van der Waals surface area (Å²) < 4.78 is 38.3. The van der Waals surface area contributed by atoms with Gasteiger partial charge in [0, 0.05) is 6.42 Å². The number of alkyl halides is 1. The second-order valence-electron chi connectivity index (χ2n) is 8.04. The molecule has 1 aliphatic heterocycles. The molecule has 0 radical (unpaired) electrons. The van der Waals surface area contributed by atoms with Gasteiger partial charge in [0.2, 0.25) is 6.29 Å². The highest BCUT2D eigenvalue weighted by molar-refractivity contribution is 5.26. The Morgan fingerprint density at radius 3 is 2.00 bits per heavy atom. The number of hydrogen-bond acceptors (Lipinski definition) is 4. The third kappa shape index (κ3) is 6.16. The molecule has 0 N–H and O–H groups in total. The second kappa shape index (κ2) is 11.2. The van der Waals surface area contributed by atoms with Crippen LogP contribution in [-0.4, -0.2) is 31.3 Å². The summed E-state index contributed by atoms with van der Waals surface area (Å²) in [6.45, 7) is 2.20. The van der Waals surface area contributed by atoms with Crippen molar-refractivity contribution in [2.45, 2.75) is 51.2 Å². The summed E-state index contributed by atoms with van der Waals surface area (Å²) in [5, 5.41) is 0. The van der Waals surface area contributed by atoms with Gasteiger partial charge < -0.3 is 18.9 Å². The van der Waals surface area contributed by atoms with E-state index in [-0.39, 0.29) is 6.10 Å². The van der Waals surface area contributed by atoms with Gasteiger partial charge in [-0.3, -0.25) is 0 Å². The van der Waals surface area contributed by atoms with Crippen molar-refractivity contribution >= 4 is 0 Å². The van der Waals surface area contributed by atoms with Crippen molar-refractivity contribution in [2.75, 3.05) is 6.67 Å². The zero-order chi connectivity index (χ0) is 22.2. The Balaban J connectivity index is 1.52. The molecule has 1 fully saturated rings. The van der Waals surface area contributed by atoms with Crippen LogP contribution in [0.4, 0.5) is 4.39 Å². The van der Waals surface area contributed by atoms with E-state index < -0.39 is 25.2 Å². The molecule has 4 unspecified atom stereocenters. The number of benzene rings is 3. The summed E-state index contributed by atoms with van der Waals surface area (Å²) in [4.78, 5) is 0. The van der Waals surface area contributed by atoms with Gasteiger partial charge in [-0.15, -0.1) is 0 Å². The Labute approximate surface area is 188 Å². The van der Waals surface area contributed by atoms with E-state index in [4.69, 9.17) is 18.9 Å². The van der Waals surface area contributed by atoms with E-state index in [0.717, 1.165) is 16.7 Å². The Morgan fingerprint density at radius 2 is 1.41 bits per heavy atom. The fourth-order valence-corrected chi connectivity index (χ4v) is 3.73. The Hall–Kier alpha value is -2.73. The van der Waals surface area contributed by atoms with Crippen molar-refractivity contribution in [2.24, 2.45) is 0 Å². The van der Waals surface area contributed by atoms with Crippen LogP contribution < -0.4 is 4.74 Å². The SMILES string of the molecule is Cc1ccc(OC2OC(CF)CC(OCc3ccccc3)C2OCc2ccccc2)cc1. The standard InChI is InChI=1S/C27H29FO4/c1-20-12-14-23(15-13-20)31-27-26(30-19-22-10-6-3-7-11-22)25(16-24(17-28)32-27)29-18-21-8-4-2-5-9-21/h2-15,24-27H,16-19H2,1H3. The first-order chi connectivity index (χ1) is 15.7. The Bertz CT molecular complexity index is 933. The molecule has 0 spiro atoms. The normalized spacial score (nSPS) is 23.1. The summed E-state index contributed by atoms with van der Waals surface area (Å²) in [7, 11) is 0. The molecule has 0 bridgehead atoms. The summed E-state index contributed by atoms with van der Waals surface area (Å²) in [5.41, 5.74) is 3.22. The lowest BCUT2D eigenvalue weighted by Gasteiger charge is -2.40. The first-order valence-electron chi connectivity index (χ1n) is 11.0. The molecule has 0 saturated carbocycles. The Morgan fingerprint density at radius 1 is 0.812 bits per heavy atom. The van der Waals surface area contributed by atoms with E-state index in [1.165, 1.54) is 0 Å². The lowest BCUT2D eigenvalue weighted by molar-refractivity contribution is -0.263. The minimum absolute atomic E-state index is 0.371. The van der Waals surface area contributed by atoms with Gasteiger partial charge in [0.1, 0.15) is 18.5 Å². The van der Waals surface area contributed by atoms with Crippen molar-refractivity contribution in [3.8, 4) is 5.75 Å². The fraction of sp³-hybridized carbons (Fsp3) is 0.333. The van der Waals surface area contributed by atoms with Crippen LogP contribution in [0.3, 0.4) is 0 Å². The average molecular weight is 437 g/mol. The van der Waals surface area contributed by atoms with Gasteiger partial charge in [-0.05, 0) is 30.2 Å². The van der Waals surface area contributed by atoms with Crippen LogP contribution in [0.5, 0.6) is 5.75 Å². The van der Waals surface area contributed by atoms with E-state index in [0.29, 0.717) is 25.4 Å². The minimum Gasteiger partial charge on any atom is -0.462 e. The van der Waals surface area contributed by atoms with Gasteiger partial charge in [-0.25, -0.2) is 4.39 Å².